The number of carboxylic acid groups (broad SMARTS) is 1. The predicted molar refractivity (Wildman–Crippen MR) is 54.0 cm³/mol. The van der Waals surface area contributed by atoms with Gasteiger partial charge in [0.25, 0.3) is 0 Å². The summed E-state index contributed by atoms with van der Waals surface area (Å²) in [7, 11) is 0. The zero-order valence-electron chi connectivity index (χ0n) is 8.43. The van der Waals surface area contributed by atoms with Crippen LogP contribution in [0, 0.1) is 0 Å². The summed E-state index contributed by atoms with van der Waals surface area (Å²) < 4.78 is 10.4. The molecule has 1 heterocycles. The second kappa shape index (κ2) is 4.22. The van der Waals surface area contributed by atoms with Crippen molar-refractivity contribution in [2.45, 2.75) is 6.42 Å². The van der Waals surface area contributed by atoms with Gasteiger partial charge in [-0.1, -0.05) is 6.07 Å². The predicted octanol–water partition coefficient (Wildman–Crippen LogP) is 1.12. The van der Waals surface area contributed by atoms with Crippen molar-refractivity contribution < 1.29 is 24.2 Å². The highest BCUT2D eigenvalue weighted by molar-refractivity contribution is 6.00. The zero-order valence-corrected chi connectivity index (χ0v) is 8.43. The molecular weight excluding hydrogens is 212 g/mol. The summed E-state index contributed by atoms with van der Waals surface area (Å²) in [6, 6.07) is 4.87. The Bertz CT molecular complexity index is 438. The third-order valence-electron chi connectivity index (χ3n) is 2.21. The average molecular weight is 222 g/mol. The number of carbonyl (C=O) groups is 2. The van der Waals surface area contributed by atoms with Gasteiger partial charge in [0.2, 0.25) is 0 Å². The lowest BCUT2D eigenvalue weighted by Crippen LogP contribution is -2.17. The number of aliphatic carboxylic acids is 1. The molecule has 1 aliphatic heterocycles. The Labute approximate surface area is 91.6 Å². The standard InChI is InChI=1S/C11H10O5/c12-8-4-5-15-11-7(8)2-1-3-9(11)16-6-10(13)14/h1-3H,4-6H2,(H,13,14). The van der Waals surface area contributed by atoms with Gasteiger partial charge in [-0.3, -0.25) is 4.79 Å². The van der Waals surface area contributed by atoms with Crippen LogP contribution in [0.15, 0.2) is 18.2 Å². The first-order chi connectivity index (χ1) is 7.68. The lowest BCUT2D eigenvalue weighted by molar-refractivity contribution is -0.139. The maximum absolute atomic E-state index is 11.5. The van der Waals surface area contributed by atoms with E-state index >= 15 is 0 Å². The Morgan fingerprint density at radius 3 is 3.06 bits per heavy atom. The molecule has 2 rings (SSSR count). The summed E-state index contributed by atoms with van der Waals surface area (Å²) in [6.45, 7) is -0.146. The van der Waals surface area contributed by atoms with Crippen molar-refractivity contribution in [3.8, 4) is 11.5 Å². The van der Waals surface area contributed by atoms with E-state index in [1.165, 1.54) is 0 Å². The van der Waals surface area contributed by atoms with Crippen molar-refractivity contribution in [1.29, 1.82) is 0 Å². The van der Waals surface area contributed by atoms with Crippen LogP contribution in [-0.2, 0) is 4.79 Å². The number of benzene rings is 1. The molecule has 0 aromatic heterocycles. The fraction of sp³-hybridized carbons (Fsp3) is 0.273. The van der Waals surface area contributed by atoms with Gasteiger partial charge >= 0.3 is 5.97 Å². The van der Waals surface area contributed by atoms with Crippen molar-refractivity contribution in [2.24, 2.45) is 0 Å². The normalized spacial score (nSPS) is 13.9. The topological polar surface area (TPSA) is 72.8 Å². The van der Waals surface area contributed by atoms with Gasteiger partial charge < -0.3 is 14.6 Å². The minimum absolute atomic E-state index is 0.0120. The number of rotatable bonds is 3. The monoisotopic (exact) mass is 222 g/mol. The molecule has 16 heavy (non-hydrogen) atoms. The number of hydrogen-bond donors (Lipinski definition) is 1. The van der Waals surface area contributed by atoms with Gasteiger partial charge in [0, 0.05) is 6.42 Å². The van der Waals surface area contributed by atoms with Crippen LogP contribution in [0.1, 0.15) is 16.8 Å². The number of para-hydroxylation sites is 1. The van der Waals surface area contributed by atoms with E-state index < -0.39 is 12.6 Å². The molecule has 1 N–H and O–H groups in total. The first kappa shape index (κ1) is 10.5. The molecule has 0 unspecified atom stereocenters. The van der Waals surface area contributed by atoms with Crippen molar-refractivity contribution in [2.75, 3.05) is 13.2 Å². The minimum Gasteiger partial charge on any atom is -0.488 e. The van der Waals surface area contributed by atoms with E-state index in [0.29, 0.717) is 30.1 Å². The molecule has 0 amide bonds. The molecule has 0 atom stereocenters. The lowest BCUT2D eigenvalue weighted by Gasteiger charge is -2.18. The Balaban J connectivity index is 2.29. The summed E-state index contributed by atoms with van der Waals surface area (Å²) in [5.74, 6) is -0.435. The highest BCUT2D eigenvalue weighted by Crippen LogP contribution is 2.34. The number of carbonyl (C=O) groups excluding carboxylic acids is 1. The summed E-state index contributed by atoms with van der Waals surface area (Å²) in [4.78, 5) is 21.9. The quantitative estimate of drug-likeness (QED) is 0.829. The average Bonchev–Trinajstić information content (AvgIpc) is 2.27. The maximum atomic E-state index is 11.5. The van der Waals surface area contributed by atoms with E-state index in [-0.39, 0.29) is 5.78 Å². The highest BCUT2D eigenvalue weighted by Gasteiger charge is 2.22. The molecule has 0 aliphatic carbocycles. The molecule has 1 aromatic rings. The highest BCUT2D eigenvalue weighted by atomic mass is 16.5. The number of carboxylic acids is 1. The first-order valence-electron chi connectivity index (χ1n) is 4.82. The summed E-state index contributed by atoms with van der Waals surface area (Å²) in [5, 5.41) is 8.50. The molecule has 0 saturated heterocycles. The van der Waals surface area contributed by atoms with Gasteiger partial charge in [-0.25, -0.2) is 4.79 Å². The Hall–Kier alpha value is -2.04. The van der Waals surface area contributed by atoms with Gasteiger partial charge in [-0.15, -0.1) is 0 Å². The SMILES string of the molecule is O=C(O)COc1cccc2c1OCCC2=O. The molecule has 0 radical (unpaired) electrons. The molecule has 5 nitrogen and oxygen atoms in total. The Morgan fingerprint density at radius 2 is 2.31 bits per heavy atom. The molecule has 0 fully saturated rings. The van der Waals surface area contributed by atoms with Crippen LogP contribution < -0.4 is 9.47 Å². The fourth-order valence-corrected chi connectivity index (χ4v) is 1.52. The number of ketones is 1. The van der Waals surface area contributed by atoms with Crippen LogP contribution in [0.3, 0.4) is 0 Å². The summed E-state index contributed by atoms with van der Waals surface area (Å²) in [6.07, 6.45) is 0.343. The lowest BCUT2D eigenvalue weighted by atomic mass is 10.0. The van der Waals surface area contributed by atoms with E-state index in [9.17, 15) is 9.59 Å². The van der Waals surface area contributed by atoms with Crippen molar-refractivity contribution >= 4 is 11.8 Å². The molecule has 5 heteroatoms. The van der Waals surface area contributed by atoms with Crippen molar-refractivity contribution in [3.63, 3.8) is 0 Å². The summed E-state index contributed by atoms with van der Waals surface area (Å²) >= 11 is 0. The van der Waals surface area contributed by atoms with E-state index in [1.807, 2.05) is 0 Å². The fourth-order valence-electron chi connectivity index (χ4n) is 1.52. The molecule has 0 spiro atoms. The van der Waals surface area contributed by atoms with E-state index in [1.54, 1.807) is 18.2 Å². The van der Waals surface area contributed by atoms with E-state index in [0.717, 1.165) is 0 Å². The number of ether oxygens (including phenoxy) is 2. The molecule has 84 valence electrons. The van der Waals surface area contributed by atoms with Crippen LogP contribution in [0.2, 0.25) is 0 Å². The number of Topliss-reactive ketones (excluding diaryl/α,β-unsaturated/α-hetero) is 1. The van der Waals surface area contributed by atoms with Crippen LogP contribution in [0.5, 0.6) is 11.5 Å². The maximum Gasteiger partial charge on any atom is 0.341 e. The smallest absolute Gasteiger partial charge is 0.341 e. The second-order valence-corrected chi connectivity index (χ2v) is 3.34. The van der Waals surface area contributed by atoms with Crippen LogP contribution in [-0.4, -0.2) is 30.1 Å². The molecule has 1 aromatic carbocycles. The van der Waals surface area contributed by atoms with Crippen LogP contribution in [0.25, 0.3) is 0 Å². The van der Waals surface area contributed by atoms with Crippen LogP contribution >= 0.6 is 0 Å². The third kappa shape index (κ3) is 1.98. The summed E-state index contributed by atoms with van der Waals surface area (Å²) in [5.41, 5.74) is 0.453. The molecule has 1 aliphatic rings. The van der Waals surface area contributed by atoms with Gasteiger partial charge in [0.05, 0.1) is 12.2 Å². The van der Waals surface area contributed by atoms with E-state index in [4.69, 9.17) is 14.6 Å². The molecule has 0 saturated carbocycles. The molecule has 0 bridgehead atoms. The third-order valence-corrected chi connectivity index (χ3v) is 2.21. The van der Waals surface area contributed by atoms with Crippen molar-refractivity contribution in [1.82, 2.24) is 0 Å². The largest absolute Gasteiger partial charge is 0.488 e. The Morgan fingerprint density at radius 1 is 1.50 bits per heavy atom. The first-order valence-corrected chi connectivity index (χ1v) is 4.82. The van der Waals surface area contributed by atoms with Crippen LogP contribution in [0.4, 0.5) is 0 Å². The zero-order chi connectivity index (χ0) is 11.5. The molecular formula is C11H10O5. The van der Waals surface area contributed by atoms with Gasteiger partial charge in [0.1, 0.15) is 0 Å². The van der Waals surface area contributed by atoms with Crippen molar-refractivity contribution in [3.05, 3.63) is 23.8 Å². The van der Waals surface area contributed by atoms with Gasteiger partial charge in [-0.05, 0) is 12.1 Å². The number of fused-ring (bicyclic) bond motifs is 1. The minimum atomic E-state index is -1.07. The second-order valence-electron chi connectivity index (χ2n) is 3.34. The van der Waals surface area contributed by atoms with Gasteiger partial charge in [-0.2, -0.15) is 0 Å². The van der Waals surface area contributed by atoms with E-state index in [2.05, 4.69) is 0 Å². The van der Waals surface area contributed by atoms with Gasteiger partial charge in [0.15, 0.2) is 23.9 Å². The number of hydrogen-bond acceptors (Lipinski definition) is 4. The Kier molecular flexibility index (Phi) is 2.76.